The summed E-state index contributed by atoms with van der Waals surface area (Å²) in [5.41, 5.74) is -0.412. The van der Waals surface area contributed by atoms with E-state index in [-0.39, 0.29) is 17.5 Å². The second kappa shape index (κ2) is 5.99. The molecule has 0 spiro atoms. The van der Waals surface area contributed by atoms with E-state index in [1.807, 2.05) is 0 Å². The number of hydrogen-bond donors (Lipinski definition) is 1. The predicted molar refractivity (Wildman–Crippen MR) is 101 cm³/mol. The maximum absolute atomic E-state index is 11.6. The smallest absolute Gasteiger partial charge is 0.302 e. The predicted octanol–water partition coefficient (Wildman–Crippen LogP) is 4.33. The lowest BCUT2D eigenvalue weighted by molar-refractivity contribution is -0.165. The van der Waals surface area contributed by atoms with Gasteiger partial charge in [-0.1, -0.05) is 19.8 Å². The highest BCUT2D eigenvalue weighted by Crippen LogP contribution is 2.67. The van der Waals surface area contributed by atoms with E-state index in [1.54, 1.807) is 6.92 Å². The molecule has 0 unspecified atom stereocenters. The zero-order valence-corrected chi connectivity index (χ0v) is 16.6. The summed E-state index contributed by atoms with van der Waals surface area (Å²) in [6.45, 7) is 6.40. The molecule has 0 aromatic heterocycles. The Morgan fingerprint density at radius 3 is 2.46 bits per heavy atom. The van der Waals surface area contributed by atoms with Crippen molar-refractivity contribution in [1.82, 2.24) is 0 Å². The van der Waals surface area contributed by atoms with Crippen LogP contribution in [0.15, 0.2) is 0 Å². The molecule has 0 aromatic rings. The van der Waals surface area contributed by atoms with Crippen LogP contribution in [0.5, 0.6) is 0 Å². The van der Waals surface area contributed by atoms with Crippen LogP contribution in [-0.2, 0) is 9.53 Å². The Hall–Kier alpha value is -1.01. The van der Waals surface area contributed by atoms with Crippen molar-refractivity contribution in [3.05, 3.63) is 0 Å². The van der Waals surface area contributed by atoms with Gasteiger partial charge in [-0.15, -0.1) is 6.42 Å². The number of carbonyl (C=O) groups excluding carboxylic acids is 1. The molecule has 3 nitrogen and oxygen atoms in total. The van der Waals surface area contributed by atoms with E-state index < -0.39 is 5.60 Å². The van der Waals surface area contributed by atoms with Gasteiger partial charge in [-0.3, -0.25) is 4.79 Å². The molecular formula is C23H34O3. The molecule has 4 aliphatic carbocycles. The highest BCUT2D eigenvalue weighted by atomic mass is 16.5. The first kappa shape index (κ1) is 18.4. The third-order valence-electron chi connectivity index (χ3n) is 9.22. The molecule has 144 valence electrons. The van der Waals surface area contributed by atoms with E-state index in [1.165, 1.54) is 32.1 Å². The van der Waals surface area contributed by atoms with Gasteiger partial charge in [0, 0.05) is 12.3 Å². The van der Waals surface area contributed by atoms with E-state index >= 15 is 0 Å². The third kappa shape index (κ3) is 2.55. The van der Waals surface area contributed by atoms with Crippen LogP contribution in [0, 0.1) is 46.8 Å². The molecule has 4 saturated carbocycles. The van der Waals surface area contributed by atoms with Crippen molar-refractivity contribution in [2.75, 3.05) is 0 Å². The molecule has 0 bridgehead atoms. The Morgan fingerprint density at radius 1 is 1.04 bits per heavy atom. The SMILES string of the molecule is C#C[C@@]1(O)CC[C@@]2(C)[C@@H](CC[C@@H]3[C@@H]2CC[C@]2(C)[C@@H](OC(C)=O)CC[C@@H]32)C1. The van der Waals surface area contributed by atoms with Crippen molar-refractivity contribution in [1.29, 1.82) is 0 Å². The van der Waals surface area contributed by atoms with E-state index in [0.717, 1.165) is 37.5 Å². The van der Waals surface area contributed by atoms with Gasteiger partial charge in [-0.25, -0.2) is 0 Å². The Kier molecular flexibility index (Phi) is 4.23. The van der Waals surface area contributed by atoms with Gasteiger partial charge in [0.05, 0.1) is 0 Å². The maximum Gasteiger partial charge on any atom is 0.302 e. The van der Waals surface area contributed by atoms with Gasteiger partial charge >= 0.3 is 5.97 Å². The summed E-state index contributed by atoms with van der Waals surface area (Å²) in [7, 11) is 0. The molecule has 0 saturated heterocycles. The standard InChI is InChI=1S/C23H34O3/c1-5-23(25)13-12-21(3)16(14-23)6-7-17-18-8-9-20(26-15(2)24)22(18,4)11-10-19(17)21/h1,16-20,25H,6-14H2,2-4H3/t16-,17-,18-,19-,20-,21-,22-,23+/m0/s1. The second-order valence-corrected chi connectivity index (χ2v) is 10.3. The van der Waals surface area contributed by atoms with Gasteiger partial charge in [-0.05, 0) is 86.9 Å². The molecule has 8 atom stereocenters. The number of hydrogen-bond acceptors (Lipinski definition) is 3. The van der Waals surface area contributed by atoms with Crippen LogP contribution in [0.2, 0.25) is 0 Å². The minimum absolute atomic E-state index is 0.106. The molecule has 0 radical (unpaired) electrons. The fourth-order valence-corrected chi connectivity index (χ4v) is 7.72. The normalized spacial score (nSPS) is 53.0. The van der Waals surface area contributed by atoms with Crippen molar-refractivity contribution in [3.63, 3.8) is 0 Å². The number of aliphatic hydroxyl groups is 1. The highest BCUT2D eigenvalue weighted by Gasteiger charge is 2.61. The fraction of sp³-hybridized carbons (Fsp3) is 0.870. The molecule has 0 amide bonds. The van der Waals surface area contributed by atoms with E-state index in [0.29, 0.717) is 17.3 Å². The molecule has 26 heavy (non-hydrogen) atoms. The van der Waals surface area contributed by atoms with Crippen LogP contribution < -0.4 is 0 Å². The summed E-state index contributed by atoms with van der Waals surface area (Å²) >= 11 is 0. The quantitative estimate of drug-likeness (QED) is 0.561. The molecule has 4 fully saturated rings. The van der Waals surface area contributed by atoms with Gasteiger partial charge in [-0.2, -0.15) is 0 Å². The Morgan fingerprint density at radius 2 is 1.77 bits per heavy atom. The Bertz CT molecular complexity index is 636. The summed E-state index contributed by atoms with van der Waals surface area (Å²) in [5.74, 6) is 5.25. The summed E-state index contributed by atoms with van der Waals surface area (Å²) in [6.07, 6.45) is 15.4. The van der Waals surface area contributed by atoms with E-state index in [9.17, 15) is 9.90 Å². The maximum atomic E-state index is 11.6. The first-order valence-corrected chi connectivity index (χ1v) is 10.6. The van der Waals surface area contributed by atoms with Gasteiger partial charge in [0.1, 0.15) is 11.7 Å². The molecule has 0 heterocycles. The number of carbonyl (C=O) groups is 1. The van der Waals surface area contributed by atoms with Crippen molar-refractivity contribution >= 4 is 5.97 Å². The molecule has 3 heteroatoms. The van der Waals surface area contributed by atoms with Gasteiger partial charge in [0.15, 0.2) is 0 Å². The lowest BCUT2D eigenvalue weighted by atomic mass is 9.44. The van der Waals surface area contributed by atoms with Crippen LogP contribution in [-0.4, -0.2) is 22.8 Å². The summed E-state index contributed by atoms with van der Waals surface area (Å²) in [6, 6.07) is 0. The molecule has 0 aliphatic heterocycles. The zero-order valence-electron chi connectivity index (χ0n) is 16.6. The Labute approximate surface area is 158 Å². The van der Waals surface area contributed by atoms with E-state index in [2.05, 4.69) is 19.8 Å². The topological polar surface area (TPSA) is 46.5 Å². The highest BCUT2D eigenvalue weighted by molar-refractivity contribution is 5.66. The molecule has 0 aromatic carbocycles. The largest absolute Gasteiger partial charge is 0.462 e. The molecule has 1 N–H and O–H groups in total. The van der Waals surface area contributed by atoms with Crippen molar-refractivity contribution in [2.24, 2.45) is 34.5 Å². The van der Waals surface area contributed by atoms with E-state index in [4.69, 9.17) is 11.2 Å². The van der Waals surface area contributed by atoms with Crippen molar-refractivity contribution in [2.45, 2.75) is 90.3 Å². The Balaban J connectivity index is 1.57. The summed E-state index contributed by atoms with van der Waals surface area (Å²) in [5, 5.41) is 10.7. The van der Waals surface area contributed by atoms with Crippen molar-refractivity contribution in [3.8, 4) is 12.3 Å². The van der Waals surface area contributed by atoms with Crippen molar-refractivity contribution < 1.29 is 14.6 Å². The number of terminal acetylenes is 1. The summed E-state index contributed by atoms with van der Waals surface area (Å²) < 4.78 is 5.74. The van der Waals surface area contributed by atoms with Gasteiger partial charge < -0.3 is 9.84 Å². The second-order valence-electron chi connectivity index (χ2n) is 10.3. The number of esters is 1. The minimum atomic E-state index is -0.881. The minimum Gasteiger partial charge on any atom is -0.462 e. The average Bonchev–Trinajstić information content (AvgIpc) is 2.92. The average molecular weight is 359 g/mol. The third-order valence-corrected chi connectivity index (χ3v) is 9.22. The monoisotopic (exact) mass is 358 g/mol. The molecular weight excluding hydrogens is 324 g/mol. The lowest BCUT2D eigenvalue weighted by Crippen LogP contribution is -2.56. The number of fused-ring (bicyclic) bond motifs is 5. The summed E-state index contributed by atoms with van der Waals surface area (Å²) in [4.78, 5) is 11.6. The first-order valence-electron chi connectivity index (χ1n) is 10.6. The van der Waals surface area contributed by atoms with Crippen LogP contribution >= 0.6 is 0 Å². The lowest BCUT2D eigenvalue weighted by Gasteiger charge is -2.61. The fourth-order valence-electron chi connectivity index (χ4n) is 7.72. The first-order chi connectivity index (χ1) is 12.2. The van der Waals surface area contributed by atoms with Crippen LogP contribution in [0.25, 0.3) is 0 Å². The molecule has 4 aliphatic rings. The number of rotatable bonds is 1. The van der Waals surface area contributed by atoms with Gasteiger partial charge in [0.2, 0.25) is 0 Å². The van der Waals surface area contributed by atoms with Gasteiger partial charge in [0.25, 0.3) is 0 Å². The zero-order chi connectivity index (χ0) is 18.7. The number of ether oxygens (including phenoxy) is 1. The van der Waals surface area contributed by atoms with Crippen LogP contribution in [0.3, 0.4) is 0 Å². The van der Waals surface area contributed by atoms with Crippen LogP contribution in [0.1, 0.15) is 78.6 Å². The van der Waals surface area contributed by atoms with Crippen LogP contribution in [0.4, 0.5) is 0 Å². The molecule has 4 rings (SSSR count).